The number of benzene rings is 2. The minimum Gasteiger partial charge on any atom is -0.349 e. The summed E-state index contributed by atoms with van der Waals surface area (Å²) < 4.78 is 1.79. The van der Waals surface area contributed by atoms with Crippen LogP contribution in [0.3, 0.4) is 0 Å². The van der Waals surface area contributed by atoms with Gasteiger partial charge >= 0.3 is 0 Å². The molecule has 3 N–H and O–H groups in total. The van der Waals surface area contributed by atoms with E-state index in [-0.39, 0.29) is 30.4 Å². The van der Waals surface area contributed by atoms with Gasteiger partial charge in [0.1, 0.15) is 5.69 Å². The Kier molecular flexibility index (Phi) is 6.95. The Bertz CT molecular complexity index is 1010. The van der Waals surface area contributed by atoms with Gasteiger partial charge in [0.25, 0.3) is 5.91 Å². The predicted octanol–water partition coefficient (Wildman–Crippen LogP) is 4.58. The summed E-state index contributed by atoms with van der Waals surface area (Å²) in [4.78, 5) is 13.2. The van der Waals surface area contributed by atoms with Gasteiger partial charge in [-0.25, -0.2) is 4.68 Å². The normalized spacial score (nSPS) is 18.5. The molecule has 0 spiro atoms. The summed E-state index contributed by atoms with van der Waals surface area (Å²) in [6.45, 7) is 4.13. The second kappa shape index (κ2) is 9.45. The molecule has 0 bridgehead atoms. The van der Waals surface area contributed by atoms with Crippen LogP contribution in [0.1, 0.15) is 47.2 Å². The van der Waals surface area contributed by atoms with Gasteiger partial charge in [-0.2, -0.15) is 5.10 Å². The largest absolute Gasteiger partial charge is 0.349 e. The average Bonchev–Trinajstić information content (AvgIpc) is 3.16. The van der Waals surface area contributed by atoms with Crippen LogP contribution in [0.2, 0.25) is 0 Å². The lowest BCUT2D eigenvalue weighted by molar-refractivity contribution is 0.0926. The highest BCUT2D eigenvalue weighted by Gasteiger charge is 2.24. The van der Waals surface area contributed by atoms with Crippen molar-refractivity contribution >= 4 is 18.3 Å². The maximum atomic E-state index is 13.2. The van der Waals surface area contributed by atoms with Gasteiger partial charge in [0.05, 0.1) is 11.3 Å². The first-order valence-corrected chi connectivity index (χ1v) is 10.3. The number of aryl methyl sites for hydroxylation is 2. The number of carbonyl (C=O) groups excluding carboxylic acids is 1. The number of aromatic nitrogens is 2. The molecule has 0 saturated heterocycles. The van der Waals surface area contributed by atoms with Crippen molar-refractivity contribution in [1.29, 1.82) is 0 Å². The van der Waals surface area contributed by atoms with Crippen LogP contribution in [0.25, 0.3) is 16.9 Å². The molecule has 0 atom stereocenters. The van der Waals surface area contributed by atoms with Crippen molar-refractivity contribution in [2.45, 2.75) is 51.6 Å². The highest BCUT2D eigenvalue weighted by molar-refractivity contribution is 6.00. The van der Waals surface area contributed by atoms with Crippen LogP contribution in [-0.2, 0) is 0 Å². The van der Waals surface area contributed by atoms with Gasteiger partial charge in [-0.3, -0.25) is 4.79 Å². The molecule has 1 saturated carbocycles. The number of hydrogen-bond donors (Lipinski definition) is 2. The van der Waals surface area contributed by atoms with Crippen molar-refractivity contribution in [2.75, 3.05) is 0 Å². The van der Waals surface area contributed by atoms with Crippen molar-refractivity contribution in [3.8, 4) is 16.9 Å². The van der Waals surface area contributed by atoms with Crippen LogP contribution in [0.15, 0.2) is 54.7 Å². The molecule has 0 unspecified atom stereocenters. The number of para-hydroxylation sites is 1. The molecule has 0 radical (unpaired) electrons. The zero-order chi connectivity index (χ0) is 20.4. The van der Waals surface area contributed by atoms with Crippen LogP contribution in [0, 0.1) is 13.8 Å². The maximum Gasteiger partial charge on any atom is 0.255 e. The van der Waals surface area contributed by atoms with E-state index in [1.807, 2.05) is 36.5 Å². The fourth-order valence-corrected chi connectivity index (χ4v) is 4.06. The van der Waals surface area contributed by atoms with Crippen molar-refractivity contribution in [3.05, 3.63) is 71.4 Å². The first-order chi connectivity index (χ1) is 14.0. The molecule has 1 amide bonds. The Morgan fingerprint density at radius 1 is 1.07 bits per heavy atom. The van der Waals surface area contributed by atoms with Crippen molar-refractivity contribution in [2.24, 2.45) is 5.73 Å². The topological polar surface area (TPSA) is 72.9 Å². The summed E-state index contributed by atoms with van der Waals surface area (Å²) in [6.07, 6.45) is 5.61. The molecular formula is C24H29ClN4O. The van der Waals surface area contributed by atoms with E-state index >= 15 is 0 Å². The third kappa shape index (κ3) is 4.74. The van der Waals surface area contributed by atoms with E-state index in [1.165, 1.54) is 5.56 Å². The molecule has 1 aromatic heterocycles. The lowest BCUT2D eigenvalue weighted by atomic mass is 9.91. The maximum absolute atomic E-state index is 13.2. The van der Waals surface area contributed by atoms with Crippen molar-refractivity contribution in [1.82, 2.24) is 15.1 Å². The number of nitrogens with zero attached hydrogens (tertiary/aromatic N) is 2. The van der Waals surface area contributed by atoms with E-state index in [2.05, 4.69) is 37.4 Å². The minimum atomic E-state index is -0.0670. The van der Waals surface area contributed by atoms with Gasteiger partial charge in [0.15, 0.2) is 0 Å². The summed E-state index contributed by atoms with van der Waals surface area (Å²) in [5.41, 5.74) is 11.6. The molecule has 6 heteroatoms. The number of amides is 1. The SMILES string of the molecule is Cc1ccc(-c2nn(-c3ccccc3)cc2C(=O)NC2CCC(N)CC2)c(C)c1.Cl. The van der Waals surface area contributed by atoms with Gasteiger partial charge in [0, 0.05) is 23.8 Å². The molecule has 4 rings (SSSR count). The van der Waals surface area contributed by atoms with Crippen LogP contribution in [0.5, 0.6) is 0 Å². The Morgan fingerprint density at radius 2 is 1.77 bits per heavy atom. The highest BCUT2D eigenvalue weighted by atomic mass is 35.5. The number of hydrogen-bond acceptors (Lipinski definition) is 3. The zero-order valence-electron chi connectivity index (χ0n) is 17.5. The minimum absolute atomic E-state index is 0. The number of carbonyl (C=O) groups is 1. The molecule has 1 aliphatic carbocycles. The van der Waals surface area contributed by atoms with E-state index in [1.54, 1.807) is 4.68 Å². The third-order valence-corrected chi connectivity index (χ3v) is 5.72. The monoisotopic (exact) mass is 424 g/mol. The molecule has 0 aliphatic heterocycles. The summed E-state index contributed by atoms with van der Waals surface area (Å²) in [5, 5.41) is 8.02. The molecule has 1 aliphatic rings. The molecular weight excluding hydrogens is 396 g/mol. The molecule has 2 aromatic carbocycles. The number of nitrogens with two attached hydrogens (primary N) is 1. The van der Waals surface area contributed by atoms with E-state index in [4.69, 9.17) is 10.8 Å². The smallest absolute Gasteiger partial charge is 0.255 e. The van der Waals surface area contributed by atoms with Gasteiger partial charge in [-0.15, -0.1) is 12.4 Å². The van der Waals surface area contributed by atoms with E-state index in [0.717, 1.165) is 48.2 Å². The van der Waals surface area contributed by atoms with Crippen molar-refractivity contribution in [3.63, 3.8) is 0 Å². The highest BCUT2D eigenvalue weighted by Crippen LogP contribution is 2.28. The van der Waals surface area contributed by atoms with Gasteiger partial charge in [-0.05, 0) is 57.2 Å². The number of rotatable bonds is 4. The summed E-state index contributed by atoms with van der Waals surface area (Å²) in [6, 6.07) is 16.6. The summed E-state index contributed by atoms with van der Waals surface area (Å²) >= 11 is 0. The first kappa shape index (κ1) is 22.1. The van der Waals surface area contributed by atoms with Crippen LogP contribution >= 0.6 is 12.4 Å². The van der Waals surface area contributed by atoms with Crippen LogP contribution in [-0.4, -0.2) is 27.8 Å². The lowest BCUT2D eigenvalue weighted by Gasteiger charge is -2.26. The second-order valence-corrected chi connectivity index (χ2v) is 8.08. The molecule has 5 nitrogen and oxygen atoms in total. The summed E-state index contributed by atoms with van der Waals surface area (Å²) in [5.74, 6) is -0.0670. The fourth-order valence-electron chi connectivity index (χ4n) is 4.06. The van der Waals surface area contributed by atoms with Crippen LogP contribution < -0.4 is 11.1 Å². The Balaban J connectivity index is 0.00000256. The van der Waals surface area contributed by atoms with Gasteiger partial charge in [0.2, 0.25) is 0 Å². The Hall–Kier alpha value is -2.63. The number of halogens is 1. The standard InChI is InChI=1S/C24H28N4O.ClH/c1-16-8-13-21(17(2)14-16)23-22(15-28(27-23)20-6-4-3-5-7-20)24(29)26-19-11-9-18(25)10-12-19;/h3-8,13-15,18-19H,9-12,25H2,1-2H3,(H,26,29);1H. The lowest BCUT2D eigenvalue weighted by Crippen LogP contribution is -2.40. The quantitative estimate of drug-likeness (QED) is 0.643. The van der Waals surface area contributed by atoms with E-state index in [9.17, 15) is 4.79 Å². The average molecular weight is 425 g/mol. The second-order valence-electron chi connectivity index (χ2n) is 8.08. The zero-order valence-corrected chi connectivity index (χ0v) is 18.3. The Labute approximate surface area is 184 Å². The van der Waals surface area contributed by atoms with Crippen molar-refractivity contribution < 1.29 is 4.79 Å². The molecule has 1 fully saturated rings. The third-order valence-electron chi connectivity index (χ3n) is 5.72. The predicted molar refractivity (Wildman–Crippen MR) is 123 cm³/mol. The molecule has 158 valence electrons. The van der Waals surface area contributed by atoms with Gasteiger partial charge in [-0.1, -0.05) is 42.0 Å². The molecule has 3 aromatic rings. The number of nitrogens with one attached hydrogen (secondary N) is 1. The first-order valence-electron chi connectivity index (χ1n) is 10.3. The fraction of sp³-hybridized carbons (Fsp3) is 0.333. The van der Waals surface area contributed by atoms with Crippen LogP contribution in [0.4, 0.5) is 0 Å². The molecule has 1 heterocycles. The van der Waals surface area contributed by atoms with E-state index in [0.29, 0.717) is 5.56 Å². The van der Waals surface area contributed by atoms with Gasteiger partial charge < -0.3 is 11.1 Å². The molecule has 30 heavy (non-hydrogen) atoms. The Morgan fingerprint density at radius 3 is 2.43 bits per heavy atom. The van der Waals surface area contributed by atoms with E-state index < -0.39 is 0 Å². The summed E-state index contributed by atoms with van der Waals surface area (Å²) in [7, 11) is 0.